The molecule has 1 N–H and O–H groups in total. The number of benzene rings is 9. The fraction of sp³-hybridized carbons (Fsp3) is 0.0357. The van der Waals surface area contributed by atoms with Crippen LogP contribution in [-0.2, 0) is 5.41 Å². The van der Waals surface area contributed by atoms with Crippen molar-refractivity contribution >= 4 is 39.5 Å². The van der Waals surface area contributed by atoms with E-state index in [1.165, 1.54) is 66.7 Å². The molecule has 0 saturated heterocycles. The molecular formula is C56H38N4. The summed E-state index contributed by atoms with van der Waals surface area (Å²) in [6.45, 7) is 0. The zero-order valence-electron chi connectivity index (χ0n) is 32.7. The molecule has 282 valence electrons. The van der Waals surface area contributed by atoms with Gasteiger partial charge in [-0.2, -0.15) is 0 Å². The predicted molar refractivity (Wildman–Crippen MR) is 247 cm³/mol. The highest BCUT2D eigenvalue weighted by molar-refractivity contribution is 6.16. The number of aliphatic imine (C=N–C) groups is 2. The van der Waals surface area contributed by atoms with Gasteiger partial charge in [0.2, 0.25) is 0 Å². The Hall–Kier alpha value is -7.82. The van der Waals surface area contributed by atoms with E-state index < -0.39 is 11.6 Å². The molecule has 0 saturated carbocycles. The second-order valence-corrected chi connectivity index (χ2v) is 15.7. The second-order valence-electron chi connectivity index (χ2n) is 15.7. The maximum atomic E-state index is 5.41. The van der Waals surface area contributed by atoms with E-state index in [1.54, 1.807) is 0 Å². The van der Waals surface area contributed by atoms with E-state index in [-0.39, 0.29) is 0 Å². The van der Waals surface area contributed by atoms with E-state index in [0.717, 1.165) is 34.0 Å². The summed E-state index contributed by atoms with van der Waals surface area (Å²) in [5.74, 6) is 1.60. The lowest BCUT2D eigenvalue weighted by Gasteiger charge is -2.45. The number of amidine groups is 2. The summed E-state index contributed by atoms with van der Waals surface area (Å²) < 4.78 is 0. The molecule has 2 aliphatic heterocycles. The van der Waals surface area contributed by atoms with Gasteiger partial charge in [0, 0.05) is 16.8 Å². The molecule has 4 heteroatoms. The number of hydrogen-bond acceptors (Lipinski definition) is 4. The van der Waals surface area contributed by atoms with Gasteiger partial charge in [0.05, 0.1) is 16.8 Å². The van der Waals surface area contributed by atoms with Gasteiger partial charge in [-0.05, 0) is 91.2 Å². The molecule has 0 radical (unpaired) electrons. The van der Waals surface area contributed by atoms with Crippen molar-refractivity contribution in [3.05, 3.63) is 257 Å². The van der Waals surface area contributed by atoms with Gasteiger partial charge < -0.3 is 10.2 Å². The molecule has 60 heavy (non-hydrogen) atoms. The van der Waals surface area contributed by atoms with Crippen LogP contribution >= 0.6 is 0 Å². The molecule has 1 unspecified atom stereocenters. The van der Waals surface area contributed by atoms with Gasteiger partial charge >= 0.3 is 0 Å². The largest absolute Gasteiger partial charge is 0.324 e. The fourth-order valence-corrected chi connectivity index (χ4v) is 9.90. The first-order valence-corrected chi connectivity index (χ1v) is 20.6. The summed E-state index contributed by atoms with van der Waals surface area (Å²) in [4.78, 5) is 13.2. The molecule has 0 amide bonds. The molecule has 0 aromatic heterocycles. The summed E-state index contributed by atoms with van der Waals surface area (Å²) in [6.07, 6.45) is -0.483. The van der Waals surface area contributed by atoms with Crippen LogP contribution in [0.5, 0.6) is 0 Å². The van der Waals surface area contributed by atoms with Gasteiger partial charge in [-0.3, -0.25) is 0 Å². The van der Waals surface area contributed by atoms with Gasteiger partial charge in [-0.25, -0.2) is 9.98 Å². The summed E-state index contributed by atoms with van der Waals surface area (Å²) >= 11 is 0. The topological polar surface area (TPSA) is 40.0 Å². The van der Waals surface area contributed by atoms with Gasteiger partial charge in [0.15, 0.2) is 6.17 Å². The third kappa shape index (κ3) is 5.17. The molecule has 1 atom stereocenters. The summed E-state index contributed by atoms with van der Waals surface area (Å²) in [7, 11) is 0. The normalized spacial score (nSPS) is 15.6. The van der Waals surface area contributed by atoms with Crippen LogP contribution in [0.15, 0.2) is 228 Å². The van der Waals surface area contributed by atoms with Crippen molar-refractivity contribution < 1.29 is 0 Å². The number of rotatable bonds is 5. The van der Waals surface area contributed by atoms with Crippen molar-refractivity contribution in [3.8, 4) is 22.3 Å². The Morgan fingerprint density at radius 2 is 0.933 bits per heavy atom. The Labute approximate surface area is 349 Å². The van der Waals surface area contributed by atoms with Crippen molar-refractivity contribution in [2.75, 3.05) is 4.90 Å². The SMILES string of the molecule is c1ccc(C2=NC(c3ccc4c(c3)C3(c5ccccc5N(c5ccccc5)c5ccccc53)c3c-4ccc4ccccc34)N=C(c3ccc(-c4ccccc4)cc3)N2)cc1. The van der Waals surface area contributed by atoms with Crippen LogP contribution in [0.4, 0.5) is 17.1 Å². The second kappa shape index (κ2) is 13.6. The Kier molecular flexibility index (Phi) is 7.79. The van der Waals surface area contributed by atoms with E-state index >= 15 is 0 Å². The Morgan fingerprint density at radius 3 is 1.62 bits per heavy atom. The van der Waals surface area contributed by atoms with Crippen molar-refractivity contribution in [3.63, 3.8) is 0 Å². The molecule has 1 aliphatic carbocycles. The number of hydrogen-bond donors (Lipinski definition) is 1. The van der Waals surface area contributed by atoms with Crippen LogP contribution in [0.3, 0.4) is 0 Å². The fourth-order valence-electron chi connectivity index (χ4n) is 9.90. The Balaban J connectivity index is 1.09. The predicted octanol–water partition coefficient (Wildman–Crippen LogP) is 13.1. The van der Waals surface area contributed by atoms with Crippen molar-refractivity contribution in [2.24, 2.45) is 9.98 Å². The molecule has 2 heterocycles. The third-order valence-corrected chi connectivity index (χ3v) is 12.5. The highest BCUT2D eigenvalue weighted by Gasteiger charge is 2.52. The van der Waals surface area contributed by atoms with Crippen molar-refractivity contribution in [1.82, 2.24) is 5.32 Å². The summed E-state index contributed by atoms with van der Waals surface area (Å²) in [5, 5.41) is 6.12. The molecule has 4 nitrogen and oxygen atoms in total. The lowest BCUT2D eigenvalue weighted by atomic mass is 9.63. The maximum absolute atomic E-state index is 5.41. The molecule has 9 aromatic carbocycles. The molecule has 9 aromatic rings. The number of nitrogens with one attached hydrogen (secondary N) is 1. The van der Waals surface area contributed by atoms with Gasteiger partial charge in [0.25, 0.3) is 0 Å². The van der Waals surface area contributed by atoms with Crippen molar-refractivity contribution in [2.45, 2.75) is 11.6 Å². The minimum atomic E-state index is -0.626. The quantitative estimate of drug-likeness (QED) is 0.189. The molecule has 0 fully saturated rings. The van der Waals surface area contributed by atoms with Crippen LogP contribution in [0.25, 0.3) is 33.0 Å². The van der Waals surface area contributed by atoms with Crippen molar-refractivity contribution in [1.29, 1.82) is 0 Å². The Morgan fingerprint density at radius 1 is 0.417 bits per heavy atom. The number of anilines is 3. The van der Waals surface area contributed by atoms with Crippen LogP contribution < -0.4 is 10.2 Å². The number of nitrogens with zero attached hydrogens (tertiary/aromatic N) is 3. The van der Waals surface area contributed by atoms with Crippen LogP contribution in [-0.4, -0.2) is 11.7 Å². The average molecular weight is 767 g/mol. The monoisotopic (exact) mass is 766 g/mol. The molecule has 12 rings (SSSR count). The standard InChI is InChI=1S/C56H38N4/c1-4-16-37(17-5-1)38-28-30-41(31-29-38)54-57-53(40-19-6-2-7-20-40)58-55(59-54)42-33-34-45-46-35-32-39-18-10-11-23-44(39)52(46)56(49(45)36-42)47-24-12-14-26-50(47)60(43-21-8-3-9-22-43)51-27-15-13-25-48(51)56/h1-36,55H,(H,57,58,59). The highest BCUT2D eigenvalue weighted by Crippen LogP contribution is 2.64. The van der Waals surface area contributed by atoms with E-state index in [9.17, 15) is 0 Å². The summed E-state index contributed by atoms with van der Waals surface area (Å²) in [6, 6.07) is 78.8. The van der Waals surface area contributed by atoms with Gasteiger partial charge in [0.1, 0.15) is 11.7 Å². The van der Waals surface area contributed by atoms with Gasteiger partial charge in [-0.15, -0.1) is 0 Å². The highest BCUT2D eigenvalue weighted by atomic mass is 15.2. The van der Waals surface area contributed by atoms with Gasteiger partial charge in [-0.1, -0.05) is 188 Å². The number of fused-ring (bicyclic) bond motifs is 11. The van der Waals surface area contributed by atoms with E-state index in [1.807, 2.05) is 6.07 Å². The van der Waals surface area contributed by atoms with E-state index in [0.29, 0.717) is 0 Å². The smallest absolute Gasteiger partial charge is 0.169 e. The van der Waals surface area contributed by atoms with Crippen LogP contribution in [0, 0.1) is 0 Å². The maximum Gasteiger partial charge on any atom is 0.169 e. The third-order valence-electron chi connectivity index (χ3n) is 12.5. The van der Waals surface area contributed by atoms with Crippen LogP contribution in [0.2, 0.25) is 0 Å². The number of para-hydroxylation sites is 3. The molecule has 0 bridgehead atoms. The van der Waals surface area contributed by atoms with E-state index in [4.69, 9.17) is 9.98 Å². The average Bonchev–Trinajstić information content (AvgIpc) is 3.63. The Bertz CT molecular complexity index is 3120. The lowest BCUT2D eigenvalue weighted by molar-refractivity contribution is 0.734. The zero-order valence-corrected chi connectivity index (χ0v) is 32.7. The first kappa shape index (κ1) is 34.2. The van der Waals surface area contributed by atoms with Crippen LogP contribution in [0.1, 0.15) is 45.1 Å². The molecule has 1 spiro atoms. The minimum absolute atomic E-state index is 0.483. The minimum Gasteiger partial charge on any atom is -0.324 e. The lowest BCUT2D eigenvalue weighted by Crippen LogP contribution is -2.37. The summed E-state index contributed by atoms with van der Waals surface area (Å²) in [5.41, 5.74) is 15.8. The molecular weight excluding hydrogens is 729 g/mol. The first-order valence-electron chi connectivity index (χ1n) is 20.6. The zero-order chi connectivity index (χ0) is 39.6. The molecule has 3 aliphatic rings. The first-order chi connectivity index (χ1) is 29.8. The van der Waals surface area contributed by atoms with E-state index in [2.05, 4.69) is 223 Å².